The lowest BCUT2D eigenvalue weighted by atomic mass is 10.2. The first-order valence-corrected chi connectivity index (χ1v) is 10.3. The molecule has 0 spiro atoms. The highest BCUT2D eigenvalue weighted by atomic mass is 32.2. The summed E-state index contributed by atoms with van der Waals surface area (Å²) in [5.74, 6) is -0.0652. The molecule has 1 aromatic heterocycles. The summed E-state index contributed by atoms with van der Waals surface area (Å²) >= 11 is 0. The predicted octanol–water partition coefficient (Wildman–Crippen LogP) is 5.24. The second-order valence-corrected chi connectivity index (χ2v) is 8.17. The van der Waals surface area contributed by atoms with Crippen LogP contribution in [0.15, 0.2) is 57.0 Å². The predicted molar refractivity (Wildman–Crippen MR) is 106 cm³/mol. The van der Waals surface area contributed by atoms with Crippen molar-refractivity contribution in [2.75, 3.05) is 0 Å². The van der Waals surface area contributed by atoms with E-state index in [9.17, 15) is 13.5 Å². The number of nitrogens with zero attached hydrogens (tertiary/aromatic N) is 3. The normalized spacial score (nSPS) is 12.3. The first-order chi connectivity index (χ1) is 12.8. The molecule has 0 fully saturated rings. The number of aromatic nitrogens is 1. The molecule has 0 bridgehead atoms. The summed E-state index contributed by atoms with van der Waals surface area (Å²) in [5, 5.41) is 15.2. The third-order valence-corrected chi connectivity index (χ3v) is 5.81. The van der Waals surface area contributed by atoms with Crippen molar-refractivity contribution in [2.24, 2.45) is 9.63 Å². The summed E-state index contributed by atoms with van der Waals surface area (Å²) in [7, 11) is -3.97. The SMILES string of the molecule is CCCCn1c(O)c(N=NS(=O)(=O)c2cc(C)ccc2C)c2ccccc21. The van der Waals surface area contributed by atoms with Gasteiger partial charge in [0.15, 0.2) is 5.69 Å². The number of benzene rings is 2. The molecular formula is C20H23N3O3S. The Morgan fingerprint density at radius 3 is 2.59 bits per heavy atom. The van der Waals surface area contributed by atoms with Gasteiger partial charge in [-0.25, -0.2) is 0 Å². The number of unbranched alkanes of at least 4 members (excludes halogenated alkanes) is 1. The van der Waals surface area contributed by atoms with E-state index in [0.29, 0.717) is 17.5 Å². The smallest absolute Gasteiger partial charge is 0.300 e. The maximum absolute atomic E-state index is 12.7. The Hall–Kier alpha value is -2.67. The van der Waals surface area contributed by atoms with Crippen molar-refractivity contribution in [3.05, 3.63) is 53.6 Å². The number of para-hydroxylation sites is 1. The van der Waals surface area contributed by atoms with Gasteiger partial charge < -0.3 is 9.67 Å². The van der Waals surface area contributed by atoms with Gasteiger partial charge in [-0.05, 0) is 43.5 Å². The van der Waals surface area contributed by atoms with E-state index < -0.39 is 10.0 Å². The summed E-state index contributed by atoms with van der Waals surface area (Å²) in [6.45, 7) is 6.24. The maximum atomic E-state index is 12.7. The molecule has 0 aliphatic heterocycles. The molecule has 7 heteroatoms. The standard InChI is InChI=1S/C20H23N3O3S/c1-4-5-12-23-17-9-7-6-8-16(17)19(20(23)24)21-22-27(25,26)18-13-14(2)10-11-15(18)3/h6-11,13,24H,4-5,12H2,1-3H3. The van der Waals surface area contributed by atoms with E-state index in [-0.39, 0.29) is 16.5 Å². The Morgan fingerprint density at radius 1 is 1.11 bits per heavy atom. The minimum atomic E-state index is -3.97. The van der Waals surface area contributed by atoms with Crippen molar-refractivity contribution < 1.29 is 13.5 Å². The Bertz CT molecular complexity index is 1110. The van der Waals surface area contributed by atoms with Crippen LogP contribution in [0, 0.1) is 13.8 Å². The molecule has 0 radical (unpaired) electrons. The van der Waals surface area contributed by atoms with Crippen LogP contribution in [0.2, 0.25) is 0 Å². The number of aromatic hydroxyl groups is 1. The summed E-state index contributed by atoms with van der Waals surface area (Å²) in [6, 6.07) is 12.5. The number of sulfonamides is 1. The Kier molecular flexibility index (Phi) is 5.32. The number of hydrogen-bond acceptors (Lipinski definition) is 4. The fraction of sp³-hybridized carbons (Fsp3) is 0.300. The van der Waals surface area contributed by atoms with Crippen molar-refractivity contribution in [2.45, 2.75) is 45.1 Å². The molecule has 0 aliphatic carbocycles. The third-order valence-electron chi connectivity index (χ3n) is 4.52. The van der Waals surface area contributed by atoms with Crippen molar-refractivity contribution in [3.8, 4) is 5.88 Å². The van der Waals surface area contributed by atoms with Crippen LogP contribution in [0.5, 0.6) is 5.88 Å². The van der Waals surface area contributed by atoms with Crippen LogP contribution in [0.1, 0.15) is 30.9 Å². The van der Waals surface area contributed by atoms with Crippen molar-refractivity contribution in [3.63, 3.8) is 0 Å². The Balaban J connectivity index is 2.08. The van der Waals surface area contributed by atoms with Crippen LogP contribution in [0.25, 0.3) is 10.9 Å². The second kappa shape index (κ2) is 7.52. The molecule has 0 aliphatic rings. The third kappa shape index (κ3) is 3.73. The average Bonchev–Trinajstić information content (AvgIpc) is 2.91. The zero-order valence-corrected chi connectivity index (χ0v) is 16.5. The van der Waals surface area contributed by atoms with Gasteiger partial charge in [0.25, 0.3) is 10.0 Å². The number of fused-ring (bicyclic) bond motifs is 1. The Labute approximate surface area is 159 Å². The average molecular weight is 385 g/mol. The largest absolute Gasteiger partial charge is 0.493 e. The van der Waals surface area contributed by atoms with Gasteiger partial charge in [0.05, 0.1) is 10.4 Å². The lowest BCUT2D eigenvalue weighted by Crippen LogP contribution is -1.99. The van der Waals surface area contributed by atoms with Crippen LogP contribution in [-0.2, 0) is 16.6 Å². The van der Waals surface area contributed by atoms with Crippen LogP contribution in [-0.4, -0.2) is 18.1 Å². The fourth-order valence-corrected chi connectivity index (χ4v) is 4.12. The summed E-state index contributed by atoms with van der Waals surface area (Å²) in [6.07, 6.45) is 1.87. The molecule has 0 atom stereocenters. The molecule has 142 valence electrons. The van der Waals surface area contributed by atoms with Gasteiger partial charge in [-0.1, -0.05) is 48.2 Å². The molecule has 0 amide bonds. The Morgan fingerprint density at radius 2 is 1.85 bits per heavy atom. The quantitative estimate of drug-likeness (QED) is 0.589. The highest BCUT2D eigenvalue weighted by Gasteiger charge is 2.19. The number of aryl methyl sites for hydroxylation is 3. The highest BCUT2D eigenvalue weighted by molar-refractivity contribution is 7.90. The van der Waals surface area contributed by atoms with Crippen molar-refractivity contribution in [1.82, 2.24) is 4.57 Å². The van der Waals surface area contributed by atoms with Gasteiger partial charge in [-0.3, -0.25) is 0 Å². The minimum absolute atomic E-state index is 0.0652. The molecule has 6 nitrogen and oxygen atoms in total. The number of hydrogen-bond donors (Lipinski definition) is 1. The molecule has 27 heavy (non-hydrogen) atoms. The van der Waals surface area contributed by atoms with Gasteiger partial charge in [0, 0.05) is 11.9 Å². The van der Waals surface area contributed by atoms with E-state index in [1.54, 1.807) is 29.7 Å². The van der Waals surface area contributed by atoms with Gasteiger partial charge in [0.2, 0.25) is 5.88 Å². The zero-order valence-electron chi connectivity index (χ0n) is 15.7. The van der Waals surface area contributed by atoms with E-state index in [1.807, 2.05) is 31.2 Å². The van der Waals surface area contributed by atoms with E-state index in [2.05, 4.69) is 16.6 Å². The van der Waals surface area contributed by atoms with E-state index in [0.717, 1.165) is 23.9 Å². The molecule has 0 saturated heterocycles. The zero-order chi connectivity index (χ0) is 19.6. The molecule has 0 saturated carbocycles. The van der Waals surface area contributed by atoms with Crippen LogP contribution in [0.4, 0.5) is 5.69 Å². The van der Waals surface area contributed by atoms with Gasteiger partial charge in [-0.2, -0.15) is 8.42 Å². The molecule has 3 rings (SSSR count). The lowest BCUT2D eigenvalue weighted by molar-refractivity contribution is 0.418. The lowest BCUT2D eigenvalue weighted by Gasteiger charge is -2.05. The molecular weight excluding hydrogens is 362 g/mol. The number of rotatable bonds is 6. The first-order valence-electron chi connectivity index (χ1n) is 8.90. The first kappa shape index (κ1) is 19.1. The van der Waals surface area contributed by atoms with Gasteiger partial charge in [0.1, 0.15) is 0 Å². The summed E-state index contributed by atoms with van der Waals surface area (Å²) < 4.78 is 30.7. The fourth-order valence-electron chi connectivity index (χ4n) is 3.04. The molecule has 1 heterocycles. The van der Waals surface area contributed by atoms with Crippen LogP contribution in [0.3, 0.4) is 0 Å². The van der Waals surface area contributed by atoms with Crippen LogP contribution >= 0.6 is 0 Å². The van der Waals surface area contributed by atoms with Crippen LogP contribution < -0.4 is 0 Å². The summed E-state index contributed by atoms with van der Waals surface area (Å²) in [4.78, 5) is 0.125. The minimum Gasteiger partial charge on any atom is -0.493 e. The summed E-state index contributed by atoms with van der Waals surface area (Å²) in [5.41, 5.74) is 2.42. The molecule has 2 aromatic carbocycles. The van der Waals surface area contributed by atoms with E-state index in [4.69, 9.17) is 0 Å². The van der Waals surface area contributed by atoms with E-state index in [1.165, 1.54) is 0 Å². The van der Waals surface area contributed by atoms with Gasteiger partial charge in [-0.15, -0.1) is 5.11 Å². The van der Waals surface area contributed by atoms with Crippen molar-refractivity contribution in [1.29, 1.82) is 0 Å². The monoisotopic (exact) mass is 385 g/mol. The highest BCUT2D eigenvalue weighted by Crippen LogP contribution is 2.39. The maximum Gasteiger partial charge on any atom is 0.300 e. The van der Waals surface area contributed by atoms with Crippen molar-refractivity contribution >= 4 is 26.6 Å². The van der Waals surface area contributed by atoms with Gasteiger partial charge >= 0.3 is 0 Å². The topological polar surface area (TPSA) is 84.0 Å². The molecule has 1 N–H and O–H groups in total. The molecule has 0 unspecified atom stereocenters. The molecule has 3 aromatic rings. The van der Waals surface area contributed by atoms with E-state index >= 15 is 0 Å². The second-order valence-electron chi connectivity index (χ2n) is 6.62.